The molecule has 1 aromatic rings. The molecule has 0 amide bonds. The van der Waals surface area contributed by atoms with E-state index in [1.165, 1.54) is 0 Å². The number of aliphatic hydroxyl groups is 1. The van der Waals surface area contributed by atoms with Crippen LogP contribution in [0.1, 0.15) is 25.3 Å². The molecular weight excluding hydrogens is 256 g/mol. The highest BCUT2D eigenvalue weighted by atomic mass is 79.9. The SMILES string of the molecule is CCC1(CO)CCOc2ccc(Br)cc21. The Hall–Kier alpha value is -0.540. The number of ether oxygens (including phenoxy) is 1. The molecule has 0 bridgehead atoms. The van der Waals surface area contributed by atoms with Crippen molar-refractivity contribution in [3.63, 3.8) is 0 Å². The summed E-state index contributed by atoms with van der Waals surface area (Å²) in [6.07, 6.45) is 1.83. The fraction of sp³-hybridized carbons (Fsp3) is 0.500. The van der Waals surface area contributed by atoms with E-state index >= 15 is 0 Å². The average Bonchev–Trinajstić information content (AvgIpc) is 2.28. The van der Waals surface area contributed by atoms with E-state index in [1.54, 1.807) is 0 Å². The van der Waals surface area contributed by atoms with Gasteiger partial charge in [0.1, 0.15) is 5.75 Å². The number of hydrogen-bond acceptors (Lipinski definition) is 2. The van der Waals surface area contributed by atoms with Crippen molar-refractivity contribution in [2.75, 3.05) is 13.2 Å². The standard InChI is InChI=1S/C12H15BrO2/c1-2-12(8-14)5-6-15-11-4-3-9(13)7-10(11)12/h3-4,7,14H,2,5-6,8H2,1H3. The summed E-state index contributed by atoms with van der Waals surface area (Å²) in [5.74, 6) is 0.917. The van der Waals surface area contributed by atoms with Crippen molar-refractivity contribution in [2.45, 2.75) is 25.2 Å². The largest absolute Gasteiger partial charge is 0.493 e. The third kappa shape index (κ3) is 1.79. The quantitative estimate of drug-likeness (QED) is 0.896. The van der Waals surface area contributed by atoms with Crippen LogP contribution in [-0.4, -0.2) is 18.3 Å². The van der Waals surface area contributed by atoms with Crippen LogP contribution in [0, 0.1) is 0 Å². The molecule has 1 aliphatic rings. The van der Waals surface area contributed by atoms with Crippen molar-refractivity contribution in [2.24, 2.45) is 0 Å². The summed E-state index contributed by atoms with van der Waals surface area (Å²) in [5, 5.41) is 9.61. The van der Waals surface area contributed by atoms with Crippen LogP contribution in [0.2, 0.25) is 0 Å². The minimum atomic E-state index is -0.114. The number of halogens is 1. The predicted molar refractivity (Wildman–Crippen MR) is 63.3 cm³/mol. The average molecular weight is 271 g/mol. The molecule has 0 spiro atoms. The number of rotatable bonds is 2. The Morgan fingerprint density at radius 1 is 1.53 bits per heavy atom. The zero-order valence-corrected chi connectivity index (χ0v) is 10.4. The highest BCUT2D eigenvalue weighted by Crippen LogP contribution is 2.41. The van der Waals surface area contributed by atoms with Crippen LogP contribution < -0.4 is 4.74 Å². The van der Waals surface area contributed by atoms with E-state index in [9.17, 15) is 5.11 Å². The Morgan fingerprint density at radius 2 is 2.33 bits per heavy atom. The smallest absolute Gasteiger partial charge is 0.123 e. The summed E-state index contributed by atoms with van der Waals surface area (Å²) in [5.41, 5.74) is 1.02. The Morgan fingerprint density at radius 3 is 3.00 bits per heavy atom. The van der Waals surface area contributed by atoms with E-state index in [0.29, 0.717) is 6.61 Å². The second-order valence-electron chi connectivity index (χ2n) is 4.03. The molecule has 0 radical (unpaired) electrons. The van der Waals surface area contributed by atoms with E-state index in [0.717, 1.165) is 28.6 Å². The van der Waals surface area contributed by atoms with Crippen LogP contribution in [-0.2, 0) is 5.41 Å². The maximum atomic E-state index is 9.61. The van der Waals surface area contributed by atoms with Gasteiger partial charge in [-0.15, -0.1) is 0 Å². The van der Waals surface area contributed by atoms with Gasteiger partial charge in [-0.2, -0.15) is 0 Å². The molecular formula is C12H15BrO2. The van der Waals surface area contributed by atoms with Crippen molar-refractivity contribution in [1.29, 1.82) is 0 Å². The normalized spacial score (nSPS) is 24.5. The van der Waals surface area contributed by atoms with E-state index < -0.39 is 0 Å². The maximum absolute atomic E-state index is 9.61. The van der Waals surface area contributed by atoms with Gasteiger partial charge in [-0.3, -0.25) is 0 Å². The highest BCUT2D eigenvalue weighted by Gasteiger charge is 2.35. The Bertz CT molecular complexity index is 359. The fourth-order valence-electron chi connectivity index (χ4n) is 2.18. The molecule has 1 N–H and O–H groups in total. The molecule has 1 atom stereocenters. The number of aliphatic hydroxyl groups excluding tert-OH is 1. The molecule has 1 unspecified atom stereocenters. The van der Waals surface area contributed by atoms with Gasteiger partial charge in [-0.25, -0.2) is 0 Å². The molecule has 1 aromatic carbocycles. The van der Waals surface area contributed by atoms with Crippen LogP contribution >= 0.6 is 15.9 Å². The lowest BCUT2D eigenvalue weighted by atomic mass is 9.75. The molecule has 0 saturated carbocycles. The van der Waals surface area contributed by atoms with E-state index in [2.05, 4.69) is 28.9 Å². The number of hydrogen-bond donors (Lipinski definition) is 1. The van der Waals surface area contributed by atoms with Crippen LogP contribution in [0.15, 0.2) is 22.7 Å². The van der Waals surface area contributed by atoms with Crippen molar-refractivity contribution < 1.29 is 9.84 Å². The molecule has 3 heteroatoms. The first-order chi connectivity index (χ1) is 7.22. The molecule has 0 saturated heterocycles. The summed E-state index contributed by atoms with van der Waals surface area (Å²) < 4.78 is 6.65. The minimum Gasteiger partial charge on any atom is -0.493 e. The van der Waals surface area contributed by atoms with E-state index in [1.807, 2.05) is 12.1 Å². The number of fused-ring (bicyclic) bond motifs is 1. The van der Waals surface area contributed by atoms with Crippen molar-refractivity contribution in [1.82, 2.24) is 0 Å². The fourth-order valence-corrected chi connectivity index (χ4v) is 2.54. The lowest BCUT2D eigenvalue weighted by molar-refractivity contribution is 0.131. The minimum absolute atomic E-state index is 0.114. The molecule has 2 nitrogen and oxygen atoms in total. The zero-order valence-electron chi connectivity index (χ0n) is 8.79. The molecule has 0 aliphatic carbocycles. The molecule has 0 aromatic heterocycles. The lowest BCUT2D eigenvalue weighted by Crippen LogP contribution is -2.35. The molecule has 2 rings (SSSR count). The summed E-state index contributed by atoms with van der Waals surface area (Å²) in [6.45, 7) is 3.01. The Labute approximate surface area is 98.4 Å². The maximum Gasteiger partial charge on any atom is 0.123 e. The van der Waals surface area contributed by atoms with Crippen molar-refractivity contribution in [3.8, 4) is 5.75 Å². The monoisotopic (exact) mass is 270 g/mol. The van der Waals surface area contributed by atoms with Crippen molar-refractivity contribution in [3.05, 3.63) is 28.2 Å². The molecule has 15 heavy (non-hydrogen) atoms. The highest BCUT2D eigenvalue weighted by molar-refractivity contribution is 9.10. The van der Waals surface area contributed by atoms with E-state index in [4.69, 9.17) is 4.74 Å². The first-order valence-electron chi connectivity index (χ1n) is 5.25. The van der Waals surface area contributed by atoms with Gasteiger partial charge in [-0.1, -0.05) is 22.9 Å². The second kappa shape index (κ2) is 4.14. The van der Waals surface area contributed by atoms with Gasteiger partial charge in [0.05, 0.1) is 13.2 Å². The van der Waals surface area contributed by atoms with Gasteiger partial charge < -0.3 is 9.84 Å². The predicted octanol–water partition coefficient (Wildman–Crippen LogP) is 2.87. The first kappa shape index (κ1) is 11.0. The summed E-state index contributed by atoms with van der Waals surface area (Å²) in [7, 11) is 0. The van der Waals surface area contributed by atoms with Gasteiger partial charge in [0, 0.05) is 15.5 Å². The molecule has 0 fully saturated rings. The van der Waals surface area contributed by atoms with Crippen molar-refractivity contribution >= 4 is 15.9 Å². The van der Waals surface area contributed by atoms with Gasteiger partial charge in [0.25, 0.3) is 0 Å². The van der Waals surface area contributed by atoms with Gasteiger partial charge in [0.2, 0.25) is 0 Å². The molecule has 82 valence electrons. The van der Waals surface area contributed by atoms with Crippen LogP contribution in [0.4, 0.5) is 0 Å². The third-order valence-corrected chi connectivity index (χ3v) is 3.82. The third-order valence-electron chi connectivity index (χ3n) is 3.33. The summed E-state index contributed by atoms with van der Waals surface area (Å²) in [6, 6.07) is 6.01. The van der Waals surface area contributed by atoms with Gasteiger partial charge >= 0.3 is 0 Å². The molecule has 1 aliphatic heterocycles. The zero-order chi connectivity index (χ0) is 10.9. The van der Waals surface area contributed by atoms with E-state index in [-0.39, 0.29) is 12.0 Å². The summed E-state index contributed by atoms with van der Waals surface area (Å²) in [4.78, 5) is 0. The van der Waals surface area contributed by atoms with Crippen LogP contribution in [0.25, 0.3) is 0 Å². The second-order valence-corrected chi connectivity index (χ2v) is 4.95. The van der Waals surface area contributed by atoms with Gasteiger partial charge in [-0.05, 0) is 31.0 Å². The Balaban J connectivity index is 2.53. The van der Waals surface area contributed by atoms with Crippen LogP contribution in [0.5, 0.6) is 5.75 Å². The van der Waals surface area contributed by atoms with Crippen LogP contribution in [0.3, 0.4) is 0 Å². The Kier molecular flexibility index (Phi) is 3.03. The van der Waals surface area contributed by atoms with Gasteiger partial charge in [0.15, 0.2) is 0 Å². The summed E-state index contributed by atoms with van der Waals surface area (Å²) >= 11 is 3.46. The molecule has 1 heterocycles. The lowest BCUT2D eigenvalue weighted by Gasteiger charge is -2.36. The number of benzene rings is 1. The topological polar surface area (TPSA) is 29.5 Å². The first-order valence-corrected chi connectivity index (χ1v) is 6.05.